The number of morpholine rings is 1. The van der Waals surface area contributed by atoms with Crippen molar-refractivity contribution in [3.8, 4) is 0 Å². The summed E-state index contributed by atoms with van der Waals surface area (Å²) in [5, 5.41) is 2.96. The number of ether oxygens (including phenoxy) is 2. The van der Waals surface area contributed by atoms with Crippen LogP contribution in [0.3, 0.4) is 0 Å². The second-order valence-corrected chi connectivity index (χ2v) is 5.87. The van der Waals surface area contributed by atoms with E-state index in [-0.39, 0.29) is 11.6 Å². The van der Waals surface area contributed by atoms with Gasteiger partial charge in [0, 0.05) is 19.3 Å². The number of nitrogens with zero attached hydrogens (tertiary/aromatic N) is 1. The first-order chi connectivity index (χ1) is 10.2. The van der Waals surface area contributed by atoms with Gasteiger partial charge in [0.2, 0.25) is 0 Å². The second-order valence-electron chi connectivity index (χ2n) is 5.87. The van der Waals surface area contributed by atoms with E-state index in [1.807, 2.05) is 29.2 Å². The van der Waals surface area contributed by atoms with Crippen molar-refractivity contribution < 1.29 is 14.3 Å². The molecule has 1 aromatic carbocycles. The van der Waals surface area contributed by atoms with Gasteiger partial charge in [-0.2, -0.15) is 0 Å². The molecule has 114 valence electrons. The minimum Gasteiger partial charge on any atom is -0.380 e. The third-order valence-corrected chi connectivity index (χ3v) is 4.32. The van der Waals surface area contributed by atoms with Gasteiger partial charge >= 0.3 is 6.03 Å². The van der Waals surface area contributed by atoms with Crippen molar-refractivity contribution >= 4 is 11.7 Å². The standard InChI is InChI=1S/C16H22N2O3/c1-20-11-13-3-5-14(6-4-13)17-15(19)18-9-10-21-16(12-18)7-2-8-16/h3-6H,2,7-12H2,1H3,(H,17,19). The van der Waals surface area contributed by atoms with E-state index >= 15 is 0 Å². The fraction of sp³-hybridized carbons (Fsp3) is 0.562. The highest BCUT2D eigenvalue weighted by Crippen LogP contribution is 2.38. The molecule has 3 rings (SSSR count). The fourth-order valence-corrected chi connectivity index (χ4v) is 2.95. The summed E-state index contributed by atoms with van der Waals surface area (Å²) in [5.74, 6) is 0. The van der Waals surface area contributed by atoms with Crippen molar-refractivity contribution in [2.45, 2.75) is 31.5 Å². The first-order valence-corrected chi connectivity index (χ1v) is 7.49. The molecular formula is C16H22N2O3. The molecule has 2 aliphatic rings. The molecule has 5 heteroatoms. The molecule has 0 bridgehead atoms. The highest BCUT2D eigenvalue weighted by Gasteiger charge is 2.43. The Morgan fingerprint density at radius 2 is 2.14 bits per heavy atom. The van der Waals surface area contributed by atoms with Gasteiger partial charge in [-0.05, 0) is 37.0 Å². The van der Waals surface area contributed by atoms with Crippen LogP contribution in [0.1, 0.15) is 24.8 Å². The third kappa shape index (κ3) is 3.19. The Morgan fingerprint density at radius 3 is 2.76 bits per heavy atom. The predicted molar refractivity (Wildman–Crippen MR) is 80.3 cm³/mol. The van der Waals surface area contributed by atoms with Crippen molar-refractivity contribution in [2.75, 3.05) is 32.1 Å². The summed E-state index contributed by atoms with van der Waals surface area (Å²) < 4.78 is 10.9. The first-order valence-electron chi connectivity index (χ1n) is 7.49. The van der Waals surface area contributed by atoms with E-state index in [1.165, 1.54) is 6.42 Å². The van der Waals surface area contributed by atoms with E-state index in [2.05, 4.69) is 5.32 Å². The number of nitrogens with one attached hydrogen (secondary N) is 1. The zero-order valence-corrected chi connectivity index (χ0v) is 12.4. The fourth-order valence-electron chi connectivity index (χ4n) is 2.95. The van der Waals surface area contributed by atoms with E-state index in [0.29, 0.717) is 26.3 Å². The molecule has 0 unspecified atom stereocenters. The van der Waals surface area contributed by atoms with Crippen molar-refractivity contribution in [3.05, 3.63) is 29.8 Å². The number of urea groups is 1. The van der Waals surface area contributed by atoms with Gasteiger partial charge in [-0.15, -0.1) is 0 Å². The van der Waals surface area contributed by atoms with Gasteiger partial charge < -0.3 is 19.7 Å². The van der Waals surface area contributed by atoms with E-state index in [4.69, 9.17) is 9.47 Å². The maximum atomic E-state index is 12.3. The average Bonchev–Trinajstić information content (AvgIpc) is 2.48. The Hall–Kier alpha value is -1.59. The maximum Gasteiger partial charge on any atom is 0.322 e. The molecule has 1 heterocycles. The number of carbonyl (C=O) groups excluding carboxylic acids is 1. The quantitative estimate of drug-likeness (QED) is 0.931. The van der Waals surface area contributed by atoms with Gasteiger partial charge in [-0.1, -0.05) is 12.1 Å². The minimum absolute atomic E-state index is 0.0379. The zero-order chi connectivity index (χ0) is 14.7. The smallest absolute Gasteiger partial charge is 0.322 e. The lowest BCUT2D eigenvalue weighted by Gasteiger charge is -2.48. The van der Waals surface area contributed by atoms with Crippen LogP contribution >= 0.6 is 0 Å². The van der Waals surface area contributed by atoms with Crippen molar-refractivity contribution in [2.24, 2.45) is 0 Å². The van der Waals surface area contributed by atoms with Crippen LogP contribution in [0.25, 0.3) is 0 Å². The number of benzene rings is 1. The summed E-state index contributed by atoms with van der Waals surface area (Å²) in [7, 11) is 1.67. The molecule has 0 aromatic heterocycles. The molecule has 1 saturated carbocycles. The molecule has 1 spiro atoms. The number of rotatable bonds is 3. The Morgan fingerprint density at radius 1 is 1.38 bits per heavy atom. The molecule has 1 saturated heterocycles. The molecule has 2 fully saturated rings. The van der Waals surface area contributed by atoms with Crippen LogP contribution in [-0.4, -0.2) is 43.3 Å². The van der Waals surface area contributed by atoms with Crippen LogP contribution in [0.2, 0.25) is 0 Å². The number of amides is 2. The summed E-state index contributed by atoms with van der Waals surface area (Å²) in [5.41, 5.74) is 1.85. The Labute approximate surface area is 125 Å². The van der Waals surface area contributed by atoms with Crippen molar-refractivity contribution in [3.63, 3.8) is 0 Å². The number of carbonyl (C=O) groups is 1. The van der Waals surface area contributed by atoms with Crippen LogP contribution in [0.15, 0.2) is 24.3 Å². The second kappa shape index (κ2) is 6.03. The normalized spacial score (nSPS) is 20.1. The number of anilines is 1. The summed E-state index contributed by atoms with van der Waals surface area (Å²) in [6, 6.07) is 7.71. The van der Waals surface area contributed by atoms with Crippen LogP contribution in [0.4, 0.5) is 10.5 Å². The lowest BCUT2D eigenvalue weighted by Crippen LogP contribution is -2.57. The Kier molecular flexibility index (Phi) is 4.12. The van der Waals surface area contributed by atoms with Gasteiger partial charge in [-0.25, -0.2) is 4.79 Å². The molecule has 1 aromatic rings. The van der Waals surface area contributed by atoms with Gasteiger partial charge in [0.1, 0.15) is 0 Å². The number of methoxy groups -OCH3 is 1. The van der Waals surface area contributed by atoms with Crippen LogP contribution in [-0.2, 0) is 16.1 Å². The summed E-state index contributed by atoms with van der Waals surface area (Å²) in [6.45, 7) is 2.59. The van der Waals surface area contributed by atoms with E-state index in [1.54, 1.807) is 7.11 Å². The largest absolute Gasteiger partial charge is 0.380 e. The van der Waals surface area contributed by atoms with Gasteiger partial charge in [0.25, 0.3) is 0 Å². The third-order valence-electron chi connectivity index (χ3n) is 4.32. The molecule has 0 atom stereocenters. The maximum absolute atomic E-state index is 12.3. The van der Waals surface area contributed by atoms with Crippen molar-refractivity contribution in [1.82, 2.24) is 4.90 Å². The molecule has 1 N–H and O–H groups in total. The van der Waals surface area contributed by atoms with Crippen LogP contribution in [0, 0.1) is 0 Å². The monoisotopic (exact) mass is 290 g/mol. The predicted octanol–water partition coefficient (Wildman–Crippen LogP) is 2.62. The zero-order valence-electron chi connectivity index (χ0n) is 12.4. The Balaban J connectivity index is 1.57. The summed E-state index contributed by atoms with van der Waals surface area (Å²) >= 11 is 0. The molecule has 21 heavy (non-hydrogen) atoms. The highest BCUT2D eigenvalue weighted by atomic mass is 16.5. The summed E-state index contributed by atoms with van der Waals surface area (Å²) in [4.78, 5) is 14.2. The average molecular weight is 290 g/mol. The number of hydrogen-bond acceptors (Lipinski definition) is 3. The van der Waals surface area contributed by atoms with Gasteiger partial charge in [0.15, 0.2) is 0 Å². The lowest BCUT2D eigenvalue weighted by molar-refractivity contribution is -0.140. The molecular weight excluding hydrogens is 268 g/mol. The lowest BCUT2D eigenvalue weighted by atomic mass is 9.79. The first kappa shape index (κ1) is 14.4. The van der Waals surface area contributed by atoms with Crippen LogP contribution < -0.4 is 5.32 Å². The van der Waals surface area contributed by atoms with E-state index < -0.39 is 0 Å². The highest BCUT2D eigenvalue weighted by molar-refractivity contribution is 5.89. The molecule has 0 radical (unpaired) electrons. The summed E-state index contributed by atoms with van der Waals surface area (Å²) in [6.07, 6.45) is 3.35. The van der Waals surface area contributed by atoms with Gasteiger partial charge in [0.05, 0.1) is 25.4 Å². The van der Waals surface area contributed by atoms with E-state index in [9.17, 15) is 4.79 Å². The van der Waals surface area contributed by atoms with E-state index in [0.717, 1.165) is 24.1 Å². The topological polar surface area (TPSA) is 50.8 Å². The SMILES string of the molecule is COCc1ccc(NC(=O)N2CCOC3(CCC3)C2)cc1. The molecule has 2 amide bonds. The molecule has 5 nitrogen and oxygen atoms in total. The van der Waals surface area contributed by atoms with Crippen molar-refractivity contribution in [1.29, 1.82) is 0 Å². The number of hydrogen-bond donors (Lipinski definition) is 1. The van der Waals surface area contributed by atoms with Crippen LogP contribution in [0.5, 0.6) is 0 Å². The Bertz CT molecular complexity index is 497. The minimum atomic E-state index is -0.0576. The van der Waals surface area contributed by atoms with Gasteiger partial charge in [-0.3, -0.25) is 0 Å². The molecule has 1 aliphatic heterocycles. The molecule has 1 aliphatic carbocycles.